The maximum atomic E-state index is 12.9. The number of nitrogens with zero attached hydrogens (tertiary/aromatic N) is 2. The minimum atomic E-state index is -3.44. The van der Waals surface area contributed by atoms with Crippen molar-refractivity contribution in [3.8, 4) is 0 Å². The van der Waals surface area contributed by atoms with Gasteiger partial charge in [-0.2, -0.15) is 4.31 Å². The van der Waals surface area contributed by atoms with Gasteiger partial charge in [-0.05, 0) is 49.8 Å². The largest absolute Gasteiger partial charge is 0.353 e. The Morgan fingerprint density at radius 1 is 0.967 bits per heavy atom. The summed E-state index contributed by atoms with van der Waals surface area (Å²) in [5.41, 5.74) is 0.964. The molecule has 166 valence electrons. The molecule has 0 spiro atoms. The number of rotatable bonds is 6. The summed E-state index contributed by atoms with van der Waals surface area (Å²) >= 11 is 0. The van der Waals surface area contributed by atoms with Crippen LogP contribution in [-0.4, -0.2) is 61.7 Å². The summed E-state index contributed by atoms with van der Waals surface area (Å²) in [5, 5.41) is 2.91. The molecule has 2 aliphatic rings. The second-order valence-corrected chi connectivity index (χ2v) is 10.3. The zero-order valence-electron chi connectivity index (χ0n) is 17.8. The van der Waals surface area contributed by atoms with Crippen molar-refractivity contribution in [2.24, 2.45) is 0 Å². The number of piperidine rings is 1. The third kappa shape index (κ3) is 6.04. The van der Waals surface area contributed by atoms with Crippen LogP contribution in [0.3, 0.4) is 0 Å². The Balaban J connectivity index is 1.50. The number of carbonyl (C=O) groups is 2. The quantitative estimate of drug-likeness (QED) is 0.743. The first-order valence-corrected chi connectivity index (χ1v) is 12.4. The van der Waals surface area contributed by atoms with Crippen molar-refractivity contribution in [2.45, 2.75) is 69.2 Å². The highest BCUT2D eigenvalue weighted by Crippen LogP contribution is 2.21. The van der Waals surface area contributed by atoms with E-state index in [0.717, 1.165) is 44.1 Å². The normalized spacial score (nSPS) is 19.3. The van der Waals surface area contributed by atoms with Gasteiger partial charge in [0.1, 0.15) is 0 Å². The van der Waals surface area contributed by atoms with Gasteiger partial charge in [-0.15, -0.1) is 0 Å². The molecule has 0 bridgehead atoms. The molecule has 0 unspecified atom stereocenters. The number of nitrogens with one attached hydrogen (secondary N) is 1. The molecule has 7 nitrogen and oxygen atoms in total. The van der Waals surface area contributed by atoms with E-state index in [-0.39, 0.29) is 17.9 Å². The van der Waals surface area contributed by atoms with Crippen molar-refractivity contribution in [3.63, 3.8) is 0 Å². The molecular formula is C22H33N3O4S. The molecule has 0 aliphatic carbocycles. The fourth-order valence-corrected chi connectivity index (χ4v) is 5.75. The van der Waals surface area contributed by atoms with E-state index in [2.05, 4.69) is 5.32 Å². The maximum absolute atomic E-state index is 12.9. The molecule has 30 heavy (non-hydrogen) atoms. The topological polar surface area (TPSA) is 86.8 Å². The number of sulfonamides is 1. The lowest BCUT2D eigenvalue weighted by Gasteiger charge is -2.32. The summed E-state index contributed by atoms with van der Waals surface area (Å²) in [6, 6.07) is 7.13. The summed E-state index contributed by atoms with van der Waals surface area (Å²) in [7, 11) is -3.44. The van der Waals surface area contributed by atoms with Crippen LogP contribution in [0.5, 0.6) is 0 Å². The lowest BCUT2D eigenvalue weighted by Crippen LogP contribution is -2.46. The number of hydrogen-bond acceptors (Lipinski definition) is 4. The minimum absolute atomic E-state index is 0.0268. The fourth-order valence-electron chi connectivity index (χ4n) is 4.23. The van der Waals surface area contributed by atoms with Crippen LogP contribution in [0.15, 0.2) is 29.2 Å². The molecule has 0 atom stereocenters. The van der Waals surface area contributed by atoms with Crippen LogP contribution in [0.1, 0.15) is 57.4 Å². The lowest BCUT2D eigenvalue weighted by molar-refractivity contribution is -0.132. The first-order valence-electron chi connectivity index (χ1n) is 11.0. The van der Waals surface area contributed by atoms with Crippen LogP contribution in [0.2, 0.25) is 0 Å². The molecule has 2 heterocycles. The standard InChI is InChI=1S/C22H33N3O4S/c1-18(26)23-20-12-16-24(17-13-20)22(27)11-8-19-6-9-21(10-7-19)30(28,29)25-14-4-2-3-5-15-25/h6-7,9-10,20H,2-5,8,11-17H2,1H3,(H,23,26). The summed E-state index contributed by atoms with van der Waals surface area (Å²) in [5.74, 6) is 0.0821. The minimum Gasteiger partial charge on any atom is -0.353 e. The van der Waals surface area contributed by atoms with E-state index < -0.39 is 10.0 Å². The van der Waals surface area contributed by atoms with Crippen molar-refractivity contribution in [2.75, 3.05) is 26.2 Å². The Morgan fingerprint density at radius 3 is 2.13 bits per heavy atom. The van der Waals surface area contributed by atoms with Crippen LogP contribution in [0.4, 0.5) is 0 Å². The number of amides is 2. The van der Waals surface area contributed by atoms with Gasteiger partial charge in [0.2, 0.25) is 21.8 Å². The Kier molecular flexibility index (Phi) is 7.88. The van der Waals surface area contributed by atoms with Crippen molar-refractivity contribution >= 4 is 21.8 Å². The zero-order valence-corrected chi connectivity index (χ0v) is 18.6. The van der Waals surface area contributed by atoms with E-state index in [0.29, 0.717) is 43.9 Å². The van der Waals surface area contributed by atoms with E-state index in [4.69, 9.17) is 0 Å². The third-order valence-corrected chi connectivity index (χ3v) is 7.92. The van der Waals surface area contributed by atoms with Gasteiger partial charge in [-0.25, -0.2) is 8.42 Å². The SMILES string of the molecule is CC(=O)NC1CCN(C(=O)CCc2ccc(S(=O)(=O)N3CCCCCC3)cc2)CC1. The second-order valence-electron chi connectivity index (χ2n) is 8.32. The zero-order chi connectivity index (χ0) is 21.6. The number of aryl methyl sites for hydroxylation is 1. The van der Waals surface area contributed by atoms with Crippen LogP contribution >= 0.6 is 0 Å². The van der Waals surface area contributed by atoms with Crippen molar-refractivity contribution in [1.29, 1.82) is 0 Å². The van der Waals surface area contributed by atoms with Crippen LogP contribution in [-0.2, 0) is 26.0 Å². The Labute approximate surface area is 179 Å². The first-order chi connectivity index (χ1) is 14.4. The van der Waals surface area contributed by atoms with Crippen molar-refractivity contribution < 1.29 is 18.0 Å². The van der Waals surface area contributed by atoms with Gasteiger partial charge in [0.15, 0.2) is 0 Å². The molecule has 0 saturated carbocycles. The van der Waals surface area contributed by atoms with Gasteiger partial charge in [0.25, 0.3) is 0 Å². The van der Waals surface area contributed by atoms with Gasteiger partial charge in [-0.1, -0.05) is 25.0 Å². The highest BCUT2D eigenvalue weighted by atomic mass is 32.2. The van der Waals surface area contributed by atoms with E-state index >= 15 is 0 Å². The smallest absolute Gasteiger partial charge is 0.243 e. The molecule has 1 N–H and O–H groups in total. The van der Waals surface area contributed by atoms with E-state index in [9.17, 15) is 18.0 Å². The molecule has 2 amide bonds. The summed E-state index contributed by atoms with van der Waals surface area (Å²) < 4.78 is 27.3. The monoisotopic (exact) mass is 435 g/mol. The number of hydrogen-bond donors (Lipinski definition) is 1. The van der Waals surface area contributed by atoms with Gasteiger partial charge in [-0.3, -0.25) is 9.59 Å². The third-order valence-electron chi connectivity index (χ3n) is 6.01. The summed E-state index contributed by atoms with van der Waals surface area (Å²) in [6.07, 6.45) is 6.58. The molecule has 1 aromatic carbocycles. The van der Waals surface area contributed by atoms with Gasteiger partial charge >= 0.3 is 0 Å². The second kappa shape index (κ2) is 10.4. The molecule has 2 aliphatic heterocycles. The maximum Gasteiger partial charge on any atom is 0.243 e. The molecule has 0 radical (unpaired) electrons. The number of likely N-dealkylation sites (tertiary alicyclic amines) is 1. The Bertz CT molecular complexity index is 822. The fraction of sp³-hybridized carbons (Fsp3) is 0.636. The molecule has 2 saturated heterocycles. The average Bonchev–Trinajstić information content (AvgIpc) is 3.03. The molecule has 0 aromatic heterocycles. The Hall–Kier alpha value is -1.93. The predicted molar refractivity (Wildman–Crippen MR) is 115 cm³/mol. The van der Waals surface area contributed by atoms with Gasteiger partial charge < -0.3 is 10.2 Å². The first kappa shape index (κ1) is 22.7. The van der Waals surface area contributed by atoms with Gasteiger partial charge in [0, 0.05) is 45.6 Å². The molecule has 3 rings (SSSR count). The van der Waals surface area contributed by atoms with E-state index in [1.165, 1.54) is 6.92 Å². The van der Waals surface area contributed by atoms with E-state index in [1.54, 1.807) is 16.4 Å². The predicted octanol–water partition coefficient (Wildman–Crippen LogP) is 2.31. The van der Waals surface area contributed by atoms with E-state index in [1.807, 2.05) is 17.0 Å². The van der Waals surface area contributed by atoms with Crippen molar-refractivity contribution in [3.05, 3.63) is 29.8 Å². The highest BCUT2D eigenvalue weighted by molar-refractivity contribution is 7.89. The Morgan fingerprint density at radius 2 is 1.57 bits per heavy atom. The van der Waals surface area contributed by atoms with Crippen LogP contribution in [0.25, 0.3) is 0 Å². The lowest BCUT2D eigenvalue weighted by atomic mass is 10.0. The van der Waals surface area contributed by atoms with Gasteiger partial charge in [0.05, 0.1) is 4.90 Å². The van der Waals surface area contributed by atoms with Crippen molar-refractivity contribution in [1.82, 2.24) is 14.5 Å². The summed E-state index contributed by atoms with van der Waals surface area (Å²) in [6.45, 7) is 4.03. The number of benzene rings is 1. The average molecular weight is 436 g/mol. The molecular weight excluding hydrogens is 402 g/mol. The molecule has 2 fully saturated rings. The highest BCUT2D eigenvalue weighted by Gasteiger charge is 2.25. The van der Waals surface area contributed by atoms with Crippen LogP contribution in [0, 0.1) is 0 Å². The van der Waals surface area contributed by atoms with Crippen LogP contribution < -0.4 is 5.32 Å². The molecule has 1 aromatic rings. The number of carbonyl (C=O) groups excluding carboxylic acids is 2. The summed E-state index contributed by atoms with van der Waals surface area (Å²) in [4.78, 5) is 25.8. The molecule has 8 heteroatoms.